The second-order valence-electron chi connectivity index (χ2n) is 21.3. The summed E-state index contributed by atoms with van der Waals surface area (Å²) in [5.74, 6) is -0.139. The minimum absolute atomic E-state index is 0.0697. The summed E-state index contributed by atoms with van der Waals surface area (Å²) in [6, 6.07) is 100. The van der Waals surface area contributed by atoms with E-state index in [-0.39, 0.29) is 11.8 Å². The monoisotopic (exact) mass is 1140 g/mol. The molecule has 0 saturated carbocycles. The normalized spacial score (nSPS) is 12.8. The Labute approximate surface area is 500 Å². The molecule has 0 aliphatic carbocycles. The lowest BCUT2D eigenvalue weighted by molar-refractivity contribution is -0.662. The van der Waals surface area contributed by atoms with E-state index in [1.165, 1.54) is 31.8 Å². The van der Waals surface area contributed by atoms with E-state index in [0.717, 1.165) is 56.7 Å². The molecule has 8 heteroatoms. The van der Waals surface area contributed by atoms with Crippen LogP contribution in [0.3, 0.4) is 0 Å². The molecule has 414 valence electrons. The maximum atomic E-state index is 13.8. The van der Waals surface area contributed by atoms with Crippen molar-refractivity contribution in [2.45, 2.75) is 13.1 Å². The van der Waals surface area contributed by atoms with Crippen LogP contribution in [0.4, 0.5) is 5.69 Å². The minimum atomic E-state index is -2.07. The molecule has 1 aliphatic heterocycles. The van der Waals surface area contributed by atoms with Crippen LogP contribution in [-0.4, -0.2) is 37.2 Å². The number of para-hydroxylation sites is 2. The molecule has 6 nitrogen and oxygen atoms in total. The molecule has 0 atom stereocenters. The second kappa shape index (κ2) is 26.3. The molecule has 0 spiro atoms. The predicted molar refractivity (Wildman–Crippen MR) is 360 cm³/mol. The lowest BCUT2D eigenvalue weighted by Crippen LogP contribution is -2.38. The highest BCUT2D eigenvalue weighted by molar-refractivity contribution is 7.96. The Morgan fingerprint density at radius 2 is 0.847 bits per heavy atom. The maximum Gasteiger partial charge on any atom is 0.251 e. The summed E-state index contributed by atoms with van der Waals surface area (Å²) >= 11 is 0. The zero-order valence-corrected chi connectivity index (χ0v) is 49.2. The van der Waals surface area contributed by atoms with E-state index in [1.807, 2.05) is 24.3 Å². The second-order valence-corrected chi connectivity index (χ2v) is 28.6. The number of fused-ring (bicyclic) bond motifs is 2. The van der Waals surface area contributed by atoms with Gasteiger partial charge in [-0.3, -0.25) is 9.59 Å². The van der Waals surface area contributed by atoms with Gasteiger partial charge >= 0.3 is 0 Å². The number of rotatable bonds is 20. The van der Waals surface area contributed by atoms with Crippen molar-refractivity contribution in [2.24, 2.45) is 0 Å². The number of nitrogens with zero attached hydrogens (tertiary/aromatic N) is 2. The fourth-order valence-corrected chi connectivity index (χ4v) is 20.3. The highest BCUT2D eigenvalue weighted by Gasteiger charge is 2.46. The average molecular weight is 1140 g/mol. The largest absolute Gasteiger partial charge is 0.348 e. The lowest BCUT2D eigenvalue weighted by Gasteiger charge is -2.28. The molecule has 0 fully saturated rings. The third-order valence-electron chi connectivity index (χ3n) is 16.3. The van der Waals surface area contributed by atoms with E-state index in [1.54, 1.807) is 0 Å². The molecule has 12 rings (SSSR count). The Hall–Kier alpha value is -9.57. The number of nitrogens with one attached hydrogen (secondary N) is 2. The van der Waals surface area contributed by atoms with Gasteiger partial charge in [0.05, 0.1) is 30.8 Å². The molecule has 11 aromatic rings. The standard InChI is InChI=1S/C77H65N4O2P2/c82-76(78-52-56-84(66-26-7-1-8-27-66,67-28-9-2-10-29-67)68-30-11-3-12-31-68)64-46-42-60(43-47-64)58-80-54-50-62(72-38-19-21-40-74(72)80)24-23-25-63-51-55-81(75-41-22-20-39-73(63)75)59-61-44-48-65(49-45-61)77(83)79-53-57-85(69-32-13-4-14-33-69,70-34-15-5-16-35-70)71-36-17-6-18-37-71/h1-51,54-55H,52-53,56-59H2/q+1/p+2. The zero-order valence-electron chi connectivity index (χ0n) is 47.4. The van der Waals surface area contributed by atoms with Crippen LogP contribution in [0, 0.1) is 0 Å². The first-order valence-corrected chi connectivity index (χ1v) is 33.1. The quantitative estimate of drug-likeness (QED) is 0.0590. The summed E-state index contributed by atoms with van der Waals surface area (Å²) in [6.45, 7) is 2.41. The van der Waals surface area contributed by atoms with E-state index < -0.39 is 14.5 Å². The first-order chi connectivity index (χ1) is 42.0. The molecule has 2 amide bonds. The number of carbonyl (C=O) groups is 2. The third-order valence-corrected chi connectivity index (χ3v) is 25.1. The van der Waals surface area contributed by atoms with Gasteiger partial charge in [-0.25, -0.2) is 0 Å². The van der Waals surface area contributed by atoms with Crippen molar-refractivity contribution in [2.75, 3.05) is 30.3 Å². The zero-order chi connectivity index (χ0) is 57.7. The number of aromatic nitrogens is 1. The Balaban J connectivity index is 0.681. The topological polar surface area (TPSA) is 65.3 Å². The number of benzene rings is 10. The smallest absolute Gasteiger partial charge is 0.251 e. The number of anilines is 1. The van der Waals surface area contributed by atoms with Crippen molar-refractivity contribution >= 4 is 86.4 Å². The first kappa shape index (κ1) is 55.9. The van der Waals surface area contributed by atoms with Crippen molar-refractivity contribution in [3.63, 3.8) is 0 Å². The Morgan fingerprint density at radius 3 is 1.32 bits per heavy atom. The van der Waals surface area contributed by atoms with E-state index in [2.05, 4.69) is 318 Å². The molecule has 85 heavy (non-hydrogen) atoms. The fourth-order valence-electron chi connectivity index (χ4n) is 12.0. The van der Waals surface area contributed by atoms with Gasteiger partial charge in [0, 0.05) is 52.8 Å². The number of carbonyl (C=O) groups excluding carboxylic acids is 2. The van der Waals surface area contributed by atoms with Crippen LogP contribution in [0.25, 0.3) is 22.6 Å². The Bertz CT molecular complexity index is 3950. The Morgan fingerprint density at radius 1 is 0.435 bits per heavy atom. The predicted octanol–water partition coefficient (Wildman–Crippen LogP) is 13.3. The van der Waals surface area contributed by atoms with Gasteiger partial charge in [-0.05, 0) is 132 Å². The number of pyridine rings is 1. The third kappa shape index (κ3) is 12.3. The van der Waals surface area contributed by atoms with Gasteiger partial charge in [0.2, 0.25) is 5.52 Å². The van der Waals surface area contributed by atoms with Crippen LogP contribution in [0.5, 0.6) is 0 Å². The van der Waals surface area contributed by atoms with Gasteiger partial charge in [-0.2, -0.15) is 4.57 Å². The molecule has 1 aliphatic rings. The summed E-state index contributed by atoms with van der Waals surface area (Å²) in [5.41, 5.74) is 9.18. The van der Waals surface area contributed by atoms with Crippen molar-refractivity contribution < 1.29 is 14.2 Å². The van der Waals surface area contributed by atoms with Gasteiger partial charge in [-0.1, -0.05) is 182 Å². The van der Waals surface area contributed by atoms with E-state index in [4.69, 9.17) is 0 Å². The van der Waals surface area contributed by atoms with Crippen LogP contribution in [0.15, 0.2) is 316 Å². The van der Waals surface area contributed by atoms with Gasteiger partial charge in [-0.15, -0.1) is 0 Å². The highest BCUT2D eigenvalue weighted by Crippen LogP contribution is 2.56. The van der Waals surface area contributed by atoms with Crippen molar-refractivity contribution in [3.05, 3.63) is 349 Å². The summed E-state index contributed by atoms with van der Waals surface area (Å²) in [4.78, 5) is 29.8. The SMILES string of the molecule is O=C(NCC[P+](c1ccccc1)(c1ccccc1)c1ccccc1)c1ccc(CN2C=C/C(=C\C=C\c3cc[n+](Cc4ccc(C(=O)NCC[P+](c5ccccc5)(c5ccccc5)c5ccccc5)cc4)c4ccccc34)c3ccccc32)cc1. The van der Waals surface area contributed by atoms with Gasteiger partial charge in [0.15, 0.2) is 12.7 Å². The summed E-state index contributed by atoms with van der Waals surface area (Å²) in [5, 5.41) is 15.6. The van der Waals surface area contributed by atoms with E-state index in [0.29, 0.717) is 37.3 Å². The lowest BCUT2D eigenvalue weighted by atomic mass is 9.98. The number of hydrogen-bond donors (Lipinski definition) is 2. The van der Waals surface area contributed by atoms with E-state index in [9.17, 15) is 9.59 Å². The fraction of sp³-hybridized carbons (Fsp3) is 0.0779. The molecule has 0 unspecified atom stereocenters. The maximum absolute atomic E-state index is 13.8. The minimum Gasteiger partial charge on any atom is -0.348 e. The van der Waals surface area contributed by atoms with Crippen molar-refractivity contribution in [1.82, 2.24) is 10.6 Å². The molecule has 2 heterocycles. The van der Waals surface area contributed by atoms with Crippen molar-refractivity contribution in [1.29, 1.82) is 0 Å². The van der Waals surface area contributed by atoms with Crippen molar-refractivity contribution in [3.8, 4) is 0 Å². The first-order valence-electron chi connectivity index (χ1n) is 29.1. The molecular weight excluding hydrogens is 1070 g/mol. The Kier molecular flexibility index (Phi) is 17.3. The number of allylic oxidation sites excluding steroid dienone is 4. The van der Waals surface area contributed by atoms with Gasteiger partial charge in [0.25, 0.3) is 11.8 Å². The van der Waals surface area contributed by atoms with Crippen LogP contribution in [-0.2, 0) is 13.1 Å². The van der Waals surface area contributed by atoms with E-state index >= 15 is 0 Å². The molecule has 0 bridgehead atoms. The molecule has 1 aromatic heterocycles. The van der Waals surface area contributed by atoms with Crippen LogP contribution in [0.2, 0.25) is 0 Å². The van der Waals surface area contributed by atoms with Gasteiger partial charge < -0.3 is 15.5 Å². The van der Waals surface area contributed by atoms with Crippen LogP contribution in [0.1, 0.15) is 43.0 Å². The summed E-state index contributed by atoms with van der Waals surface area (Å²) < 4.78 is 2.27. The molecule has 2 N–H and O–H groups in total. The summed E-state index contributed by atoms with van der Waals surface area (Å²) in [7, 11) is -4.14. The number of amides is 2. The number of hydrogen-bond acceptors (Lipinski definition) is 3. The molecule has 10 aromatic carbocycles. The van der Waals surface area contributed by atoms with Crippen LogP contribution >= 0.6 is 14.5 Å². The average Bonchev–Trinajstić information content (AvgIpc) is 3.32. The molecule has 0 radical (unpaired) electrons. The molecular formula is C77H67N4O2P2+3. The van der Waals surface area contributed by atoms with Crippen LogP contribution < -0.4 is 51.9 Å². The summed E-state index contributed by atoms with van der Waals surface area (Å²) in [6.07, 6.45) is 14.6. The molecule has 0 saturated heterocycles. The highest BCUT2D eigenvalue weighted by atomic mass is 31.2. The van der Waals surface area contributed by atoms with Gasteiger partial charge in [0.1, 0.15) is 46.4 Å².